The van der Waals surface area contributed by atoms with Crippen molar-refractivity contribution in [2.45, 2.75) is 26.2 Å². The lowest BCUT2D eigenvalue weighted by Crippen LogP contribution is -2.30. The Morgan fingerprint density at radius 2 is 1.72 bits per heavy atom. The summed E-state index contributed by atoms with van der Waals surface area (Å²) in [6.07, 6.45) is 3.63. The molecule has 1 aliphatic heterocycles. The number of aromatic nitrogens is 2. The van der Waals surface area contributed by atoms with Gasteiger partial charge < -0.3 is 20.3 Å². The molecule has 1 saturated heterocycles. The number of piperidine rings is 1. The minimum Gasteiger partial charge on any atom is -0.494 e. The molecule has 1 fully saturated rings. The number of nitrogens with zero attached hydrogens (tertiary/aromatic N) is 3. The van der Waals surface area contributed by atoms with Crippen LogP contribution in [0.25, 0.3) is 0 Å². The molecule has 166 valence electrons. The highest BCUT2D eigenvalue weighted by atomic mass is 19.1. The zero-order chi connectivity index (χ0) is 22.5. The van der Waals surface area contributed by atoms with Crippen molar-refractivity contribution in [1.29, 1.82) is 0 Å². The number of methoxy groups -OCH3 is 1. The van der Waals surface area contributed by atoms with Gasteiger partial charge in [0.05, 0.1) is 7.11 Å². The summed E-state index contributed by atoms with van der Waals surface area (Å²) in [5.41, 5.74) is 2.51. The Bertz CT molecular complexity index is 1100. The van der Waals surface area contributed by atoms with Gasteiger partial charge in [-0.15, -0.1) is 0 Å². The van der Waals surface area contributed by atoms with Crippen LogP contribution >= 0.6 is 0 Å². The molecule has 0 spiro atoms. The van der Waals surface area contributed by atoms with E-state index in [2.05, 4.69) is 25.5 Å². The molecule has 2 N–H and O–H groups in total. The normalized spacial score (nSPS) is 13.5. The molecular formula is C24H26FN5O2. The van der Waals surface area contributed by atoms with Gasteiger partial charge in [0.2, 0.25) is 5.95 Å². The van der Waals surface area contributed by atoms with Crippen molar-refractivity contribution in [3.05, 3.63) is 65.6 Å². The SMILES string of the molecule is COc1ccc(C(=O)Nc2ccc(Nc3nc(C)cc(N4CCCCC4)n3)cc2)cc1F. The smallest absolute Gasteiger partial charge is 0.255 e. The number of ether oxygens (including phenoxy) is 1. The number of carbonyl (C=O) groups is 1. The summed E-state index contributed by atoms with van der Waals surface area (Å²) in [6, 6.07) is 13.3. The highest BCUT2D eigenvalue weighted by Gasteiger charge is 2.14. The molecule has 0 saturated carbocycles. The zero-order valence-corrected chi connectivity index (χ0v) is 18.2. The second-order valence-corrected chi connectivity index (χ2v) is 7.74. The Hall–Kier alpha value is -3.68. The van der Waals surface area contributed by atoms with Crippen LogP contribution in [0, 0.1) is 12.7 Å². The molecule has 1 amide bonds. The summed E-state index contributed by atoms with van der Waals surface area (Å²) >= 11 is 0. The lowest BCUT2D eigenvalue weighted by atomic mass is 10.1. The molecule has 32 heavy (non-hydrogen) atoms. The van der Waals surface area contributed by atoms with Gasteiger partial charge in [-0.25, -0.2) is 9.37 Å². The molecule has 2 heterocycles. The van der Waals surface area contributed by atoms with E-state index < -0.39 is 11.7 Å². The Labute approximate surface area is 186 Å². The van der Waals surface area contributed by atoms with Crippen LogP contribution in [0.2, 0.25) is 0 Å². The summed E-state index contributed by atoms with van der Waals surface area (Å²) in [6.45, 7) is 3.99. The molecule has 0 bridgehead atoms. The molecule has 1 aromatic heterocycles. The van der Waals surface area contributed by atoms with Crippen molar-refractivity contribution in [2.75, 3.05) is 35.7 Å². The van der Waals surface area contributed by atoms with Gasteiger partial charge in [-0.1, -0.05) is 0 Å². The highest BCUT2D eigenvalue weighted by molar-refractivity contribution is 6.04. The summed E-state index contributed by atoms with van der Waals surface area (Å²) in [5, 5.41) is 5.99. The molecule has 2 aromatic carbocycles. The maximum atomic E-state index is 13.9. The Balaban J connectivity index is 1.42. The largest absolute Gasteiger partial charge is 0.494 e. The molecule has 3 aromatic rings. The van der Waals surface area contributed by atoms with Crippen LogP contribution in [0.4, 0.5) is 27.5 Å². The van der Waals surface area contributed by atoms with Crippen LogP contribution < -0.4 is 20.3 Å². The van der Waals surface area contributed by atoms with E-state index >= 15 is 0 Å². The van der Waals surface area contributed by atoms with Crippen LogP contribution in [-0.4, -0.2) is 36.1 Å². The maximum absolute atomic E-state index is 13.9. The number of hydrogen-bond acceptors (Lipinski definition) is 6. The number of aryl methyl sites for hydroxylation is 1. The van der Waals surface area contributed by atoms with Gasteiger partial charge in [0.15, 0.2) is 11.6 Å². The van der Waals surface area contributed by atoms with Crippen molar-refractivity contribution >= 4 is 29.0 Å². The number of rotatable bonds is 6. The van der Waals surface area contributed by atoms with Gasteiger partial charge in [0, 0.05) is 41.8 Å². The fourth-order valence-corrected chi connectivity index (χ4v) is 3.67. The summed E-state index contributed by atoms with van der Waals surface area (Å²) < 4.78 is 18.7. The predicted octanol–water partition coefficient (Wildman–Crippen LogP) is 4.92. The Morgan fingerprint density at radius 1 is 1.00 bits per heavy atom. The first-order valence-corrected chi connectivity index (χ1v) is 10.6. The van der Waals surface area contributed by atoms with Crippen LogP contribution in [0.5, 0.6) is 5.75 Å². The van der Waals surface area contributed by atoms with Crippen LogP contribution in [0.1, 0.15) is 35.3 Å². The second kappa shape index (κ2) is 9.64. The molecule has 4 rings (SSSR count). The van der Waals surface area contributed by atoms with Gasteiger partial charge in [-0.2, -0.15) is 4.98 Å². The fraction of sp³-hybridized carbons (Fsp3) is 0.292. The predicted molar refractivity (Wildman–Crippen MR) is 123 cm³/mol. The third-order valence-electron chi connectivity index (χ3n) is 5.33. The first-order chi connectivity index (χ1) is 15.5. The van der Waals surface area contributed by atoms with Crippen molar-refractivity contribution in [2.24, 2.45) is 0 Å². The maximum Gasteiger partial charge on any atom is 0.255 e. The van der Waals surface area contributed by atoms with E-state index in [9.17, 15) is 9.18 Å². The number of benzene rings is 2. The van der Waals surface area contributed by atoms with E-state index in [0.717, 1.165) is 36.4 Å². The third kappa shape index (κ3) is 5.14. The average Bonchev–Trinajstić information content (AvgIpc) is 2.80. The van der Waals surface area contributed by atoms with Crippen LogP contribution in [0.3, 0.4) is 0 Å². The average molecular weight is 436 g/mol. The molecule has 0 unspecified atom stereocenters. The highest BCUT2D eigenvalue weighted by Crippen LogP contribution is 2.23. The molecular weight excluding hydrogens is 409 g/mol. The van der Waals surface area contributed by atoms with Gasteiger partial charge in [0.25, 0.3) is 5.91 Å². The minimum atomic E-state index is -0.582. The molecule has 0 atom stereocenters. The van der Waals surface area contributed by atoms with E-state index in [1.165, 1.54) is 38.5 Å². The van der Waals surface area contributed by atoms with Gasteiger partial charge >= 0.3 is 0 Å². The third-order valence-corrected chi connectivity index (χ3v) is 5.33. The number of halogens is 1. The lowest BCUT2D eigenvalue weighted by Gasteiger charge is -2.28. The minimum absolute atomic E-state index is 0.0961. The van der Waals surface area contributed by atoms with E-state index in [1.54, 1.807) is 12.1 Å². The van der Waals surface area contributed by atoms with Crippen LogP contribution in [-0.2, 0) is 0 Å². The molecule has 8 heteroatoms. The number of carbonyl (C=O) groups excluding carboxylic acids is 1. The number of hydrogen-bond donors (Lipinski definition) is 2. The monoisotopic (exact) mass is 435 g/mol. The van der Waals surface area contributed by atoms with Crippen LogP contribution in [0.15, 0.2) is 48.5 Å². The van der Waals surface area contributed by atoms with Crippen molar-refractivity contribution in [1.82, 2.24) is 9.97 Å². The Morgan fingerprint density at radius 3 is 2.41 bits per heavy atom. The number of amides is 1. The van der Waals surface area contributed by atoms with Gasteiger partial charge in [-0.05, 0) is 68.7 Å². The van der Waals surface area contributed by atoms with Crippen molar-refractivity contribution < 1.29 is 13.9 Å². The standard InChI is InChI=1S/C24H26FN5O2/c1-16-14-22(30-12-4-3-5-13-30)29-24(26-16)28-19-9-7-18(8-10-19)27-23(31)17-6-11-21(32-2)20(25)15-17/h6-11,14-15H,3-5,12-13H2,1-2H3,(H,27,31)(H,26,28,29). The lowest BCUT2D eigenvalue weighted by molar-refractivity contribution is 0.102. The van der Waals surface area contributed by atoms with E-state index in [0.29, 0.717) is 11.6 Å². The summed E-state index contributed by atoms with van der Waals surface area (Å²) in [7, 11) is 1.38. The molecule has 1 aliphatic rings. The summed E-state index contributed by atoms with van der Waals surface area (Å²) in [5.74, 6) is 0.590. The van der Waals surface area contributed by atoms with E-state index in [4.69, 9.17) is 4.74 Å². The first-order valence-electron chi connectivity index (χ1n) is 10.6. The first kappa shape index (κ1) is 21.5. The van der Waals surface area contributed by atoms with Gasteiger partial charge in [0.1, 0.15) is 5.82 Å². The second-order valence-electron chi connectivity index (χ2n) is 7.74. The topological polar surface area (TPSA) is 79.4 Å². The van der Waals surface area contributed by atoms with Gasteiger partial charge in [-0.3, -0.25) is 4.79 Å². The molecule has 7 nitrogen and oxygen atoms in total. The number of anilines is 4. The quantitative estimate of drug-likeness (QED) is 0.572. The van der Waals surface area contributed by atoms with E-state index in [1.807, 2.05) is 25.1 Å². The summed E-state index contributed by atoms with van der Waals surface area (Å²) in [4.78, 5) is 23.9. The Kier molecular flexibility index (Phi) is 6.49. The van der Waals surface area contributed by atoms with E-state index in [-0.39, 0.29) is 11.3 Å². The fourth-order valence-electron chi connectivity index (χ4n) is 3.67. The van der Waals surface area contributed by atoms with Crippen molar-refractivity contribution in [3.63, 3.8) is 0 Å². The number of nitrogens with one attached hydrogen (secondary N) is 2. The molecule has 0 aliphatic carbocycles. The zero-order valence-electron chi connectivity index (χ0n) is 18.2. The molecule has 0 radical (unpaired) electrons. The van der Waals surface area contributed by atoms with Crippen molar-refractivity contribution in [3.8, 4) is 5.75 Å².